The molecule has 10 bridgehead atoms. The lowest BCUT2D eigenvalue weighted by Gasteiger charge is -2.33. The summed E-state index contributed by atoms with van der Waals surface area (Å²) in [4.78, 5) is 61.5. The summed E-state index contributed by atoms with van der Waals surface area (Å²) in [6.07, 6.45) is 0.516. The van der Waals surface area contributed by atoms with Gasteiger partial charge in [0.15, 0.2) is 0 Å². The average Bonchev–Trinajstić information content (AvgIpc) is 3.40. The van der Waals surface area contributed by atoms with Gasteiger partial charge in [-0.3, -0.25) is 19.4 Å². The number of phenols is 4. The number of phenolic OH excluding ortho intramolecular Hbond substituents is 4. The molecule has 4 atom stereocenters. The summed E-state index contributed by atoms with van der Waals surface area (Å²) in [5, 5.41) is 55.8. The van der Waals surface area contributed by atoms with Crippen LogP contribution in [-0.2, 0) is 80.5 Å². The lowest BCUT2D eigenvalue weighted by Crippen LogP contribution is -2.53. The second-order valence-electron chi connectivity index (χ2n) is 20.0. The monoisotopic (exact) mass is 1070 g/mol. The summed E-state index contributed by atoms with van der Waals surface area (Å²) < 4.78 is 10.5. The van der Waals surface area contributed by atoms with Crippen molar-refractivity contribution in [2.45, 2.75) is 104 Å². The molecule has 3 heterocycles. The Bertz CT molecular complexity index is 2780. The molecule has 0 unspecified atom stereocenters. The molecule has 2 amide bonds. The molecule has 0 aliphatic carbocycles. The van der Waals surface area contributed by atoms with Crippen molar-refractivity contribution in [1.29, 1.82) is 0 Å². The van der Waals surface area contributed by atoms with E-state index >= 15 is 9.59 Å². The number of esters is 2. The Kier molecular flexibility index (Phi) is 18.0. The number of methoxy groups -OCH3 is 2. The molecule has 6 aromatic rings. The number of aryl methyl sites for hydroxylation is 4. The third-order valence-electron chi connectivity index (χ3n) is 14.1. The van der Waals surface area contributed by atoms with Gasteiger partial charge in [0.05, 0.1) is 26.3 Å². The molecule has 0 radical (unpaired) electrons. The van der Waals surface area contributed by atoms with Crippen molar-refractivity contribution >= 4 is 45.3 Å². The summed E-state index contributed by atoms with van der Waals surface area (Å²) in [6.45, 7) is 7.67. The number of fused-ring (bicyclic) bond motifs is 11. The van der Waals surface area contributed by atoms with Gasteiger partial charge in [0.25, 0.3) is 0 Å². The number of carbonyl (C=O) groups is 4. The molecule has 6 N–H and O–H groups in total. The SMILES string of the molecule is COC(=O)[C@H]1CSSC[C@H](C(=O)OC)NC(=O)[C@@H](Cc2ccccc2)N2Cc3cc(C)cc(c3O)Cc3cc(C)cc(c3O)CN(Cc3cc(C)cc(c3O)Cc3cc(C)cc(c3O)C2)[C@H](Cc2ccccc2)C(=O)N1. The van der Waals surface area contributed by atoms with Crippen LogP contribution in [0.2, 0.25) is 0 Å². The highest BCUT2D eigenvalue weighted by atomic mass is 33.1. The highest BCUT2D eigenvalue weighted by molar-refractivity contribution is 8.76. The van der Waals surface area contributed by atoms with Crippen molar-refractivity contribution in [2.75, 3.05) is 25.7 Å². The molecule has 14 nitrogen and oxygen atoms in total. The summed E-state index contributed by atoms with van der Waals surface area (Å²) in [6, 6.07) is 29.4. The number of amides is 2. The zero-order valence-electron chi connectivity index (χ0n) is 43.7. The van der Waals surface area contributed by atoms with E-state index in [1.54, 1.807) is 0 Å². The predicted octanol–water partition coefficient (Wildman–Crippen LogP) is 8.18. The van der Waals surface area contributed by atoms with Gasteiger partial charge >= 0.3 is 11.9 Å². The zero-order valence-corrected chi connectivity index (χ0v) is 45.4. The molecule has 9 rings (SSSR count). The maximum atomic E-state index is 15.2. The van der Waals surface area contributed by atoms with Crippen LogP contribution in [-0.4, -0.2) is 104 Å². The number of hydrogen-bond donors (Lipinski definition) is 6. The van der Waals surface area contributed by atoms with Gasteiger partial charge in [-0.05, 0) is 73.9 Å². The van der Waals surface area contributed by atoms with Crippen LogP contribution in [0.3, 0.4) is 0 Å². The quantitative estimate of drug-likeness (QED) is 0.0690. The molecular weight excluding hydrogens is 1000 g/mol. The fourth-order valence-corrected chi connectivity index (χ4v) is 12.7. The van der Waals surface area contributed by atoms with E-state index in [-0.39, 0.29) is 86.4 Å². The standard InChI is InChI=1S/C60H66N4O10S2/c1-35-17-41-27-42-18-36(2)22-47(54(42)66)31-64-32-48-24-38(4)20-44(56(48)68)28-43-19-37(3)23-46(55(43)67)30-63(29-45(21-35)53(41)65)51(25-39-13-9-7-10-14-39)57(69)61-49(59(71)73-5)33-75-76-34-50(60(72)74-6)62-58(70)52(64)26-40-15-11-8-12-16-40/h7-24,49-52,65-68H,25-34H2,1-6H3,(H,61,69)(H,62,70)/t49-,50-,51-,52-/m1/s1. The van der Waals surface area contributed by atoms with E-state index in [1.165, 1.54) is 35.8 Å². The molecule has 3 aliphatic heterocycles. The Balaban J connectivity index is 1.41. The van der Waals surface area contributed by atoms with Gasteiger partial charge in [0, 0.05) is 72.8 Å². The van der Waals surface area contributed by atoms with Crippen LogP contribution < -0.4 is 10.6 Å². The molecule has 3 aliphatic rings. The van der Waals surface area contributed by atoms with Crippen LogP contribution in [0.1, 0.15) is 77.9 Å². The molecule has 0 aromatic heterocycles. The molecule has 398 valence electrons. The van der Waals surface area contributed by atoms with E-state index in [4.69, 9.17) is 9.47 Å². The third-order valence-corrected chi connectivity index (χ3v) is 16.5. The first kappa shape index (κ1) is 55.3. The highest BCUT2D eigenvalue weighted by Crippen LogP contribution is 2.38. The molecule has 76 heavy (non-hydrogen) atoms. The first-order valence-electron chi connectivity index (χ1n) is 25.3. The second kappa shape index (κ2) is 24.8. The smallest absolute Gasteiger partial charge is 0.329 e. The van der Waals surface area contributed by atoms with E-state index < -0.39 is 47.9 Å². The fourth-order valence-electron chi connectivity index (χ4n) is 10.4. The van der Waals surface area contributed by atoms with Crippen molar-refractivity contribution < 1.29 is 49.1 Å². The van der Waals surface area contributed by atoms with Crippen LogP contribution in [0.15, 0.2) is 109 Å². The second-order valence-corrected chi connectivity index (χ2v) is 22.6. The summed E-state index contributed by atoms with van der Waals surface area (Å²) in [5.74, 6) is -2.56. The molecule has 0 fully saturated rings. The van der Waals surface area contributed by atoms with Gasteiger partial charge in [0.1, 0.15) is 35.1 Å². The number of benzene rings is 6. The van der Waals surface area contributed by atoms with Crippen molar-refractivity contribution in [3.8, 4) is 23.0 Å². The van der Waals surface area contributed by atoms with Gasteiger partial charge < -0.3 is 40.5 Å². The molecule has 0 spiro atoms. The topological polar surface area (TPSA) is 198 Å². The first-order valence-corrected chi connectivity index (χ1v) is 27.8. The minimum Gasteiger partial charge on any atom is -0.507 e. The number of ether oxygens (including phenoxy) is 2. The lowest BCUT2D eigenvalue weighted by molar-refractivity contribution is -0.145. The minimum absolute atomic E-state index is 0.00241. The normalized spacial score (nSPS) is 20.7. The van der Waals surface area contributed by atoms with Crippen LogP contribution in [0, 0.1) is 27.7 Å². The maximum Gasteiger partial charge on any atom is 0.329 e. The average molecular weight is 1070 g/mol. The lowest BCUT2D eigenvalue weighted by atomic mass is 9.93. The minimum atomic E-state index is -1.16. The van der Waals surface area contributed by atoms with Gasteiger partial charge in [-0.2, -0.15) is 0 Å². The summed E-state index contributed by atoms with van der Waals surface area (Å²) in [7, 11) is 4.89. The van der Waals surface area contributed by atoms with Crippen molar-refractivity contribution in [3.63, 3.8) is 0 Å². The zero-order chi connectivity index (χ0) is 54.2. The number of aromatic hydroxyl groups is 4. The van der Waals surface area contributed by atoms with E-state index in [1.807, 2.05) is 147 Å². The predicted molar refractivity (Wildman–Crippen MR) is 296 cm³/mol. The highest BCUT2D eigenvalue weighted by Gasteiger charge is 2.35. The van der Waals surface area contributed by atoms with Gasteiger partial charge in [-0.1, -0.05) is 153 Å². The van der Waals surface area contributed by atoms with E-state index in [0.29, 0.717) is 44.5 Å². The van der Waals surface area contributed by atoms with E-state index in [0.717, 1.165) is 33.4 Å². The Morgan fingerprint density at radius 2 is 0.763 bits per heavy atom. The van der Waals surface area contributed by atoms with Crippen molar-refractivity contribution in [3.05, 3.63) is 187 Å². The van der Waals surface area contributed by atoms with Gasteiger partial charge in [-0.25, -0.2) is 9.59 Å². The van der Waals surface area contributed by atoms with Crippen molar-refractivity contribution in [2.24, 2.45) is 0 Å². The number of hydrogen-bond acceptors (Lipinski definition) is 14. The fraction of sp³-hybridized carbons (Fsp3) is 0.333. The van der Waals surface area contributed by atoms with Crippen LogP contribution in [0.25, 0.3) is 0 Å². The van der Waals surface area contributed by atoms with Gasteiger partial charge in [0.2, 0.25) is 11.8 Å². The van der Waals surface area contributed by atoms with Crippen LogP contribution in [0.5, 0.6) is 23.0 Å². The van der Waals surface area contributed by atoms with E-state index in [2.05, 4.69) is 10.6 Å². The first-order chi connectivity index (χ1) is 36.5. The van der Waals surface area contributed by atoms with Gasteiger partial charge in [-0.15, -0.1) is 0 Å². The van der Waals surface area contributed by atoms with Crippen LogP contribution >= 0.6 is 21.6 Å². The largest absolute Gasteiger partial charge is 0.507 e. The van der Waals surface area contributed by atoms with Crippen molar-refractivity contribution in [1.82, 2.24) is 20.4 Å². The molecule has 16 heteroatoms. The number of nitrogens with zero attached hydrogens (tertiary/aromatic N) is 2. The third kappa shape index (κ3) is 13.3. The molecule has 0 saturated heterocycles. The summed E-state index contributed by atoms with van der Waals surface area (Å²) in [5.41, 5.74) is 8.91. The maximum absolute atomic E-state index is 15.2. The Hall–Kier alpha value is -6.98. The summed E-state index contributed by atoms with van der Waals surface area (Å²) >= 11 is 0. The number of nitrogens with one attached hydrogen (secondary N) is 2. The molecule has 0 saturated carbocycles. The molecular formula is C60H66N4O10S2. The number of rotatable bonds is 6. The number of carbonyl (C=O) groups excluding carboxylic acids is 4. The van der Waals surface area contributed by atoms with Crippen LogP contribution in [0.4, 0.5) is 0 Å². The Morgan fingerprint density at radius 1 is 0.487 bits per heavy atom. The Morgan fingerprint density at radius 3 is 1.04 bits per heavy atom. The molecule has 6 aromatic carbocycles. The van der Waals surface area contributed by atoms with E-state index in [9.17, 15) is 30.0 Å². The Labute approximate surface area is 452 Å².